The Labute approximate surface area is 160 Å². The second-order valence-electron chi connectivity index (χ2n) is 6.89. The lowest BCUT2D eigenvalue weighted by Crippen LogP contribution is -2.47. The molecule has 1 aliphatic rings. The number of aliphatic hydroxyl groups is 1. The lowest BCUT2D eigenvalue weighted by Gasteiger charge is -2.35. The van der Waals surface area contributed by atoms with E-state index in [4.69, 9.17) is 4.42 Å². The third kappa shape index (κ3) is 5.63. The number of amides is 1. The summed E-state index contributed by atoms with van der Waals surface area (Å²) in [6.45, 7) is 7.39. The minimum absolute atomic E-state index is 0.188. The molecule has 7 heteroatoms. The number of oxazole rings is 1. The van der Waals surface area contributed by atoms with Gasteiger partial charge in [0.2, 0.25) is 5.89 Å². The molecule has 1 fully saturated rings. The predicted octanol–water partition coefficient (Wildman–Crippen LogP) is 1.67. The number of hydrogen-bond acceptors (Lipinski definition) is 6. The SMILES string of the molecule is CCCNC(=O)c1coc(CN2CCN(C[C@@H](O)c3ccccc3)CC2)n1. The maximum atomic E-state index is 11.9. The Kier molecular flexibility index (Phi) is 6.98. The van der Waals surface area contributed by atoms with Crippen molar-refractivity contribution in [2.45, 2.75) is 26.0 Å². The number of β-amino-alcohol motifs (C(OH)–C–C–N with tert-alkyl or cyclic N) is 1. The number of carbonyl (C=O) groups excluding carboxylic acids is 1. The largest absolute Gasteiger partial charge is 0.447 e. The highest BCUT2D eigenvalue weighted by Crippen LogP contribution is 2.16. The van der Waals surface area contributed by atoms with Crippen LogP contribution in [0.1, 0.15) is 41.4 Å². The molecule has 0 spiro atoms. The van der Waals surface area contributed by atoms with Gasteiger partial charge < -0.3 is 14.8 Å². The molecule has 0 unspecified atom stereocenters. The van der Waals surface area contributed by atoms with Crippen LogP contribution in [0, 0.1) is 0 Å². The van der Waals surface area contributed by atoms with Gasteiger partial charge in [-0.05, 0) is 12.0 Å². The molecule has 2 N–H and O–H groups in total. The molecule has 27 heavy (non-hydrogen) atoms. The number of benzene rings is 1. The smallest absolute Gasteiger partial charge is 0.273 e. The predicted molar refractivity (Wildman–Crippen MR) is 102 cm³/mol. The lowest BCUT2D eigenvalue weighted by molar-refractivity contribution is 0.0671. The maximum absolute atomic E-state index is 11.9. The van der Waals surface area contributed by atoms with Gasteiger partial charge in [-0.3, -0.25) is 14.6 Å². The quantitative estimate of drug-likeness (QED) is 0.734. The van der Waals surface area contributed by atoms with E-state index in [-0.39, 0.29) is 5.91 Å². The average Bonchev–Trinajstić information content (AvgIpc) is 3.17. The number of rotatable bonds is 8. The molecule has 1 aromatic carbocycles. The van der Waals surface area contributed by atoms with E-state index in [1.165, 1.54) is 6.26 Å². The van der Waals surface area contributed by atoms with Crippen LogP contribution in [0.2, 0.25) is 0 Å². The van der Waals surface area contributed by atoms with E-state index in [1.807, 2.05) is 37.3 Å². The van der Waals surface area contributed by atoms with Crippen molar-refractivity contribution in [2.75, 3.05) is 39.3 Å². The minimum atomic E-state index is -0.464. The van der Waals surface area contributed by atoms with Crippen LogP contribution in [0.25, 0.3) is 0 Å². The number of carbonyl (C=O) groups is 1. The van der Waals surface area contributed by atoms with Crippen LogP contribution < -0.4 is 5.32 Å². The summed E-state index contributed by atoms with van der Waals surface area (Å²) in [6, 6.07) is 9.76. The van der Waals surface area contributed by atoms with E-state index in [1.54, 1.807) is 0 Å². The van der Waals surface area contributed by atoms with Crippen LogP contribution in [0.15, 0.2) is 41.0 Å². The Bertz CT molecular complexity index is 711. The van der Waals surface area contributed by atoms with E-state index in [2.05, 4.69) is 20.1 Å². The van der Waals surface area contributed by atoms with E-state index < -0.39 is 6.10 Å². The molecule has 1 amide bonds. The highest BCUT2D eigenvalue weighted by molar-refractivity contribution is 5.91. The van der Waals surface area contributed by atoms with Gasteiger partial charge in [-0.25, -0.2) is 4.98 Å². The number of aromatic nitrogens is 1. The Morgan fingerprint density at radius 1 is 1.22 bits per heavy atom. The lowest BCUT2D eigenvalue weighted by atomic mass is 10.1. The van der Waals surface area contributed by atoms with Gasteiger partial charge in [0.05, 0.1) is 12.6 Å². The molecule has 0 aliphatic carbocycles. The minimum Gasteiger partial charge on any atom is -0.447 e. The van der Waals surface area contributed by atoms with Crippen LogP contribution in [0.5, 0.6) is 0 Å². The Balaban J connectivity index is 1.43. The number of nitrogens with one attached hydrogen (secondary N) is 1. The first kappa shape index (κ1) is 19.5. The fraction of sp³-hybridized carbons (Fsp3) is 0.500. The zero-order valence-corrected chi connectivity index (χ0v) is 15.8. The molecular weight excluding hydrogens is 344 g/mol. The van der Waals surface area contributed by atoms with E-state index in [0.29, 0.717) is 31.2 Å². The summed E-state index contributed by atoms with van der Waals surface area (Å²) in [5, 5.41) is 13.2. The monoisotopic (exact) mass is 372 g/mol. The van der Waals surface area contributed by atoms with Gasteiger partial charge in [0.25, 0.3) is 5.91 Å². The molecule has 0 saturated carbocycles. The van der Waals surface area contributed by atoms with Gasteiger partial charge in [-0.2, -0.15) is 0 Å². The molecule has 0 radical (unpaired) electrons. The molecule has 2 aromatic rings. The normalized spacial score (nSPS) is 17.0. The van der Waals surface area contributed by atoms with Crippen molar-refractivity contribution in [1.29, 1.82) is 0 Å². The Morgan fingerprint density at radius 2 is 1.93 bits per heavy atom. The first-order valence-electron chi connectivity index (χ1n) is 9.56. The zero-order valence-electron chi connectivity index (χ0n) is 15.8. The molecule has 146 valence electrons. The summed E-state index contributed by atoms with van der Waals surface area (Å²) < 4.78 is 5.45. The summed E-state index contributed by atoms with van der Waals surface area (Å²) in [6.07, 6.45) is 1.85. The maximum Gasteiger partial charge on any atom is 0.273 e. The number of aliphatic hydroxyl groups excluding tert-OH is 1. The summed E-state index contributed by atoms with van der Waals surface area (Å²) in [7, 11) is 0. The third-order valence-corrected chi connectivity index (χ3v) is 4.76. The van der Waals surface area contributed by atoms with Crippen LogP contribution in [0.3, 0.4) is 0 Å². The summed E-state index contributed by atoms with van der Waals surface area (Å²) >= 11 is 0. The Morgan fingerprint density at radius 3 is 2.63 bits per heavy atom. The first-order valence-corrected chi connectivity index (χ1v) is 9.56. The van der Waals surface area contributed by atoms with Crippen molar-refractivity contribution in [1.82, 2.24) is 20.1 Å². The van der Waals surface area contributed by atoms with Gasteiger partial charge in [-0.15, -0.1) is 0 Å². The second kappa shape index (κ2) is 9.64. The van der Waals surface area contributed by atoms with Gasteiger partial charge in [0.1, 0.15) is 6.26 Å². The molecule has 0 bridgehead atoms. The van der Waals surface area contributed by atoms with Crippen molar-refractivity contribution in [3.63, 3.8) is 0 Å². The van der Waals surface area contributed by atoms with Crippen LogP contribution >= 0.6 is 0 Å². The molecule has 1 atom stereocenters. The number of hydrogen-bond donors (Lipinski definition) is 2. The standard InChI is InChI=1S/C20H28N4O3/c1-2-8-21-20(26)17-15-27-19(22-17)14-24-11-9-23(10-12-24)13-18(25)16-6-4-3-5-7-16/h3-7,15,18,25H,2,8-14H2,1H3,(H,21,26)/t18-/m1/s1. The van der Waals surface area contributed by atoms with Gasteiger partial charge in [-0.1, -0.05) is 37.3 Å². The van der Waals surface area contributed by atoms with Crippen molar-refractivity contribution in [2.24, 2.45) is 0 Å². The molecule has 1 aromatic heterocycles. The van der Waals surface area contributed by atoms with E-state index in [9.17, 15) is 9.90 Å². The summed E-state index contributed by atoms with van der Waals surface area (Å²) in [5.41, 5.74) is 1.29. The Hall–Kier alpha value is -2.22. The molecule has 7 nitrogen and oxygen atoms in total. The fourth-order valence-corrected chi connectivity index (χ4v) is 3.16. The van der Waals surface area contributed by atoms with Crippen LogP contribution in [-0.2, 0) is 6.54 Å². The third-order valence-electron chi connectivity index (χ3n) is 4.76. The molecule has 1 aliphatic heterocycles. The average molecular weight is 372 g/mol. The van der Waals surface area contributed by atoms with Gasteiger partial charge >= 0.3 is 0 Å². The topological polar surface area (TPSA) is 81.8 Å². The van der Waals surface area contributed by atoms with Gasteiger partial charge in [0.15, 0.2) is 5.69 Å². The van der Waals surface area contributed by atoms with E-state index in [0.717, 1.165) is 38.2 Å². The number of piperazine rings is 1. The van der Waals surface area contributed by atoms with Crippen molar-refractivity contribution >= 4 is 5.91 Å². The zero-order chi connectivity index (χ0) is 19.1. The summed E-state index contributed by atoms with van der Waals surface area (Å²) in [4.78, 5) is 20.7. The van der Waals surface area contributed by atoms with E-state index >= 15 is 0 Å². The first-order chi connectivity index (χ1) is 13.2. The molecule has 2 heterocycles. The van der Waals surface area contributed by atoms with Gasteiger partial charge in [0, 0.05) is 39.3 Å². The number of nitrogens with zero attached hydrogens (tertiary/aromatic N) is 3. The molecule has 3 rings (SSSR count). The fourth-order valence-electron chi connectivity index (χ4n) is 3.16. The van der Waals surface area contributed by atoms with Crippen LogP contribution in [-0.4, -0.2) is 65.1 Å². The molecule has 1 saturated heterocycles. The second-order valence-corrected chi connectivity index (χ2v) is 6.89. The summed E-state index contributed by atoms with van der Waals surface area (Å²) in [5.74, 6) is 0.376. The van der Waals surface area contributed by atoms with Crippen molar-refractivity contribution < 1.29 is 14.3 Å². The van der Waals surface area contributed by atoms with Crippen LogP contribution in [0.4, 0.5) is 0 Å². The molecular formula is C20H28N4O3. The highest BCUT2D eigenvalue weighted by atomic mass is 16.3. The van der Waals surface area contributed by atoms with Crippen molar-refractivity contribution in [3.05, 3.63) is 53.7 Å². The highest BCUT2D eigenvalue weighted by Gasteiger charge is 2.21. The van der Waals surface area contributed by atoms with Crippen molar-refractivity contribution in [3.8, 4) is 0 Å².